The molecule has 7 heteroatoms. The predicted molar refractivity (Wildman–Crippen MR) is 96.7 cm³/mol. The molecule has 1 saturated carbocycles. The maximum Gasteiger partial charge on any atom is 0.414 e. The Labute approximate surface area is 153 Å². The predicted octanol–water partition coefficient (Wildman–Crippen LogP) is 2.73. The van der Waals surface area contributed by atoms with Gasteiger partial charge >= 0.3 is 6.09 Å². The minimum Gasteiger partial charge on any atom is -0.493 e. The number of carbonyl (C=O) groups is 2. The number of carbonyl (C=O) groups excluding carboxylic acids is 2. The summed E-state index contributed by atoms with van der Waals surface area (Å²) in [6, 6.07) is 5.27. The zero-order valence-corrected chi connectivity index (χ0v) is 15.3. The van der Waals surface area contributed by atoms with Crippen LogP contribution in [0.15, 0.2) is 18.2 Å². The van der Waals surface area contributed by atoms with E-state index >= 15 is 0 Å². The van der Waals surface area contributed by atoms with E-state index in [0.717, 1.165) is 25.7 Å². The van der Waals surface area contributed by atoms with Crippen molar-refractivity contribution < 1.29 is 23.8 Å². The molecule has 1 aromatic carbocycles. The minimum atomic E-state index is -0.422. The van der Waals surface area contributed by atoms with Gasteiger partial charge < -0.3 is 19.5 Å². The number of hydrogen-bond acceptors (Lipinski definition) is 5. The Bertz CT molecular complexity index is 657. The number of rotatable bonds is 6. The van der Waals surface area contributed by atoms with Crippen LogP contribution in [-0.4, -0.2) is 45.4 Å². The van der Waals surface area contributed by atoms with E-state index < -0.39 is 6.09 Å². The maximum absolute atomic E-state index is 12.2. The lowest BCUT2D eigenvalue weighted by Gasteiger charge is -2.21. The van der Waals surface area contributed by atoms with Crippen LogP contribution < -0.4 is 19.7 Å². The van der Waals surface area contributed by atoms with Gasteiger partial charge in [0.05, 0.1) is 33.0 Å². The summed E-state index contributed by atoms with van der Waals surface area (Å²) in [6.45, 7) is 0.726. The molecule has 0 aromatic heterocycles. The van der Waals surface area contributed by atoms with Gasteiger partial charge in [-0.3, -0.25) is 9.69 Å². The average molecular weight is 362 g/mol. The second kappa shape index (κ2) is 8.29. The number of benzene rings is 1. The number of anilines is 1. The molecule has 1 aliphatic heterocycles. The van der Waals surface area contributed by atoms with E-state index in [4.69, 9.17) is 14.2 Å². The van der Waals surface area contributed by atoms with Crippen LogP contribution in [-0.2, 0) is 9.53 Å². The quantitative estimate of drug-likeness (QED) is 0.842. The van der Waals surface area contributed by atoms with Gasteiger partial charge in [-0.2, -0.15) is 0 Å². The van der Waals surface area contributed by atoms with Crippen molar-refractivity contribution in [2.45, 2.75) is 38.2 Å². The third-order valence-electron chi connectivity index (χ3n) is 5.03. The van der Waals surface area contributed by atoms with Crippen molar-refractivity contribution in [3.05, 3.63) is 18.2 Å². The van der Waals surface area contributed by atoms with Crippen molar-refractivity contribution >= 4 is 17.7 Å². The Kier molecular flexibility index (Phi) is 5.85. The zero-order chi connectivity index (χ0) is 18.5. The van der Waals surface area contributed by atoms with Crippen LogP contribution in [0, 0.1) is 5.92 Å². The standard InChI is InChI=1S/C19H26N2O5/c1-24-16-9-8-14(10-17(16)25-2)21-12-15(26-19(21)23)11-20-18(22)13-6-4-3-5-7-13/h8-10,13,15H,3-7,11-12H2,1-2H3,(H,20,22). The fraction of sp³-hybridized carbons (Fsp3) is 0.579. The largest absolute Gasteiger partial charge is 0.493 e. The molecule has 1 N–H and O–H groups in total. The van der Waals surface area contributed by atoms with Crippen molar-refractivity contribution in [1.29, 1.82) is 0 Å². The Hall–Kier alpha value is -2.44. The molecule has 1 atom stereocenters. The Morgan fingerprint density at radius 1 is 1.19 bits per heavy atom. The van der Waals surface area contributed by atoms with Gasteiger partial charge in [0.15, 0.2) is 11.5 Å². The fourth-order valence-corrected chi connectivity index (χ4v) is 3.56. The normalized spacial score (nSPS) is 20.6. The lowest BCUT2D eigenvalue weighted by molar-refractivity contribution is -0.126. The molecule has 0 radical (unpaired) electrons. The molecule has 1 aliphatic carbocycles. The van der Waals surface area contributed by atoms with Crippen LogP contribution in [0.4, 0.5) is 10.5 Å². The molecule has 26 heavy (non-hydrogen) atoms. The van der Waals surface area contributed by atoms with E-state index in [1.807, 2.05) is 0 Å². The van der Waals surface area contributed by atoms with Crippen LogP contribution in [0.2, 0.25) is 0 Å². The molecule has 3 rings (SSSR count). The second-order valence-corrected chi connectivity index (χ2v) is 6.74. The van der Waals surface area contributed by atoms with Gasteiger partial charge in [-0.05, 0) is 25.0 Å². The van der Waals surface area contributed by atoms with Gasteiger partial charge in [0, 0.05) is 12.0 Å². The molecule has 1 aromatic rings. The first-order chi connectivity index (χ1) is 12.6. The highest BCUT2D eigenvalue weighted by Crippen LogP contribution is 2.33. The molecule has 1 heterocycles. The molecule has 1 saturated heterocycles. The third-order valence-corrected chi connectivity index (χ3v) is 5.03. The van der Waals surface area contributed by atoms with Crippen LogP contribution in [0.1, 0.15) is 32.1 Å². The lowest BCUT2D eigenvalue weighted by Crippen LogP contribution is -2.38. The summed E-state index contributed by atoms with van der Waals surface area (Å²) < 4.78 is 15.9. The number of cyclic esters (lactones) is 1. The van der Waals surface area contributed by atoms with Gasteiger partial charge in [0.1, 0.15) is 6.10 Å². The van der Waals surface area contributed by atoms with Crippen molar-refractivity contribution in [3.63, 3.8) is 0 Å². The third kappa shape index (κ3) is 4.03. The molecule has 7 nitrogen and oxygen atoms in total. The first-order valence-electron chi connectivity index (χ1n) is 9.10. The maximum atomic E-state index is 12.2. The molecule has 1 unspecified atom stereocenters. The van der Waals surface area contributed by atoms with Crippen molar-refractivity contribution in [3.8, 4) is 11.5 Å². The second-order valence-electron chi connectivity index (χ2n) is 6.74. The Morgan fingerprint density at radius 3 is 2.62 bits per heavy atom. The van der Waals surface area contributed by atoms with Crippen LogP contribution in [0.25, 0.3) is 0 Å². The molecule has 0 spiro atoms. The number of amides is 2. The molecule has 2 aliphatic rings. The molecule has 2 fully saturated rings. The van der Waals surface area contributed by atoms with Crippen molar-refractivity contribution in [2.75, 3.05) is 32.2 Å². The first-order valence-corrected chi connectivity index (χ1v) is 9.10. The number of methoxy groups -OCH3 is 2. The Morgan fingerprint density at radius 2 is 1.92 bits per heavy atom. The van der Waals surface area contributed by atoms with E-state index in [1.165, 1.54) is 6.42 Å². The molecule has 142 valence electrons. The van der Waals surface area contributed by atoms with Crippen LogP contribution in [0.3, 0.4) is 0 Å². The zero-order valence-electron chi connectivity index (χ0n) is 15.3. The number of nitrogens with one attached hydrogen (secondary N) is 1. The summed E-state index contributed by atoms with van der Waals surface area (Å²) in [6.07, 6.45) is 4.57. The summed E-state index contributed by atoms with van der Waals surface area (Å²) in [5.74, 6) is 1.32. The van der Waals surface area contributed by atoms with Gasteiger partial charge in [-0.1, -0.05) is 19.3 Å². The van der Waals surface area contributed by atoms with Gasteiger partial charge in [-0.15, -0.1) is 0 Å². The van der Waals surface area contributed by atoms with Crippen LogP contribution >= 0.6 is 0 Å². The lowest BCUT2D eigenvalue weighted by atomic mass is 9.88. The number of hydrogen-bond donors (Lipinski definition) is 1. The van der Waals surface area contributed by atoms with Crippen molar-refractivity contribution in [1.82, 2.24) is 5.32 Å². The van der Waals surface area contributed by atoms with E-state index in [-0.39, 0.29) is 17.9 Å². The summed E-state index contributed by atoms with van der Waals surface area (Å²) in [7, 11) is 3.11. The topological polar surface area (TPSA) is 77.1 Å². The summed E-state index contributed by atoms with van der Waals surface area (Å²) in [4.78, 5) is 26.0. The molecular formula is C19H26N2O5. The fourth-order valence-electron chi connectivity index (χ4n) is 3.56. The summed E-state index contributed by atoms with van der Waals surface area (Å²) >= 11 is 0. The average Bonchev–Trinajstić information content (AvgIpc) is 3.06. The highest BCUT2D eigenvalue weighted by molar-refractivity contribution is 5.90. The van der Waals surface area contributed by atoms with Gasteiger partial charge in [-0.25, -0.2) is 4.79 Å². The summed E-state index contributed by atoms with van der Waals surface area (Å²) in [5, 5.41) is 2.94. The van der Waals surface area contributed by atoms with Crippen LogP contribution in [0.5, 0.6) is 11.5 Å². The van der Waals surface area contributed by atoms with Crippen molar-refractivity contribution in [2.24, 2.45) is 5.92 Å². The van der Waals surface area contributed by atoms with E-state index in [1.54, 1.807) is 37.3 Å². The van der Waals surface area contributed by atoms with E-state index in [9.17, 15) is 9.59 Å². The first kappa shape index (κ1) is 18.4. The highest BCUT2D eigenvalue weighted by Gasteiger charge is 2.33. The smallest absolute Gasteiger partial charge is 0.414 e. The monoisotopic (exact) mass is 362 g/mol. The number of nitrogens with zero attached hydrogens (tertiary/aromatic N) is 1. The Balaban J connectivity index is 1.57. The van der Waals surface area contributed by atoms with E-state index in [0.29, 0.717) is 30.3 Å². The number of ether oxygens (including phenoxy) is 3. The molecule has 2 amide bonds. The highest BCUT2D eigenvalue weighted by atomic mass is 16.6. The van der Waals surface area contributed by atoms with E-state index in [2.05, 4.69) is 5.32 Å². The molecule has 0 bridgehead atoms. The van der Waals surface area contributed by atoms with Gasteiger partial charge in [0.2, 0.25) is 5.91 Å². The summed E-state index contributed by atoms with van der Waals surface area (Å²) in [5.41, 5.74) is 0.675. The minimum absolute atomic E-state index is 0.0744. The van der Waals surface area contributed by atoms with Gasteiger partial charge in [0.25, 0.3) is 0 Å². The SMILES string of the molecule is COc1ccc(N2CC(CNC(=O)C3CCCCC3)OC2=O)cc1OC. The molecular weight excluding hydrogens is 336 g/mol.